The maximum Gasteiger partial charge on any atom is 0.226 e. The molecule has 1 amide bonds. The average molecular weight is 288 g/mol. The Morgan fingerprint density at radius 2 is 2.14 bits per heavy atom. The van der Waals surface area contributed by atoms with Gasteiger partial charge < -0.3 is 10.6 Å². The Balaban J connectivity index is 2.14. The van der Waals surface area contributed by atoms with Crippen molar-refractivity contribution in [2.45, 2.75) is 64.8 Å². The van der Waals surface area contributed by atoms with Crippen molar-refractivity contribution in [2.75, 3.05) is 11.4 Å². The number of benzene rings is 1. The van der Waals surface area contributed by atoms with E-state index >= 15 is 0 Å². The highest BCUT2D eigenvalue weighted by Gasteiger charge is 2.22. The summed E-state index contributed by atoms with van der Waals surface area (Å²) in [7, 11) is 0. The molecule has 116 valence electrons. The number of amides is 1. The van der Waals surface area contributed by atoms with Crippen molar-refractivity contribution in [1.82, 2.24) is 0 Å². The van der Waals surface area contributed by atoms with Crippen LogP contribution in [-0.2, 0) is 17.6 Å². The molecule has 0 saturated carbocycles. The standard InChI is InChI=1S/C18H28N2O/c1-3-6-16(19)13-14-9-10-17-15(12-14)8-5-11-20(17)18(21)7-4-2/h9-10,12,16H,3-8,11,13,19H2,1-2H3. The zero-order valence-corrected chi connectivity index (χ0v) is 13.4. The molecule has 0 radical (unpaired) electrons. The highest BCUT2D eigenvalue weighted by molar-refractivity contribution is 5.94. The molecule has 1 aliphatic rings. The van der Waals surface area contributed by atoms with Gasteiger partial charge in [-0.25, -0.2) is 0 Å². The summed E-state index contributed by atoms with van der Waals surface area (Å²) in [6.45, 7) is 5.09. The second-order valence-electron chi connectivity index (χ2n) is 6.11. The predicted octanol–water partition coefficient (Wildman–Crippen LogP) is 3.44. The van der Waals surface area contributed by atoms with Crippen LogP contribution in [0, 0.1) is 0 Å². The zero-order chi connectivity index (χ0) is 15.2. The summed E-state index contributed by atoms with van der Waals surface area (Å²) in [4.78, 5) is 14.2. The van der Waals surface area contributed by atoms with Gasteiger partial charge in [-0.15, -0.1) is 0 Å². The van der Waals surface area contributed by atoms with E-state index in [9.17, 15) is 4.79 Å². The van der Waals surface area contributed by atoms with E-state index in [4.69, 9.17) is 5.73 Å². The van der Waals surface area contributed by atoms with Crippen LogP contribution < -0.4 is 10.6 Å². The van der Waals surface area contributed by atoms with Gasteiger partial charge in [-0.05, 0) is 49.3 Å². The molecule has 0 fully saturated rings. The molecule has 0 bridgehead atoms. The Bertz CT molecular complexity index is 484. The molecule has 2 rings (SSSR count). The van der Waals surface area contributed by atoms with Crippen molar-refractivity contribution in [1.29, 1.82) is 0 Å². The van der Waals surface area contributed by atoms with E-state index in [1.165, 1.54) is 11.1 Å². The van der Waals surface area contributed by atoms with Gasteiger partial charge >= 0.3 is 0 Å². The summed E-state index contributed by atoms with van der Waals surface area (Å²) in [5.41, 5.74) is 9.88. The first kappa shape index (κ1) is 16.0. The molecule has 1 aliphatic heterocycles. The third kappa shape index (κ3) is 4.07. The van der Waals surface area contributed by atoms with E-state index in [0.29, 0.717) is 6.42 Å². The van der Waals surface area contributed by atoms with Gasteiger partial charge in [0.05, 0.1) is 0 Å². The molecule has 1 heterocycles. The van der Waals surface area contributed by atoms with Crippen molar-refractivity contribution < 1.29 is 4.79 Å². The lowest BCUT2D eigenvalue weighted by atomic mass is 9.95. The van der Waals surface area contributed by atoms with E-state index < -0.39 is 0 Å². The first-order valence-corrected chi connectivity index (χ1v) is 8.33. The summed E-state index contributed by atoms with van der Waals surface area (Å²) in [5.74, 6) is 0.258. The number of nitrogens with zero attached hydrogens (tertiary/aromatic N) is 1. The molecule has 0 spiro atoms. The number of anilines is 1. The van der Waals surface area contributed by atoms with Crippen molar-refractivity contribution >= 4 is 11.6 Å². The molecule has 2 N–H and O–H groups in total. The van der Waals surface area contributed by atoms with E-state index in [1.807, 2.05) is 4.90 Å². The molecule has 0 saturated heterocycles. The Kier molecular flexibility index (Phi) is 5.80. The Labute approximate surface area is 128 Å². The van der Waals surface area contributed by atoms with Crippen LogP contribution in [-0.4, -0.2) is 18.5 Å². The molecule has 3 heteroatoms. The van der Waals surface area contributed by atoms with Crippen LogP contribution in [0.5, 0.6) is 0 Å². The summed E-state index contributed by atoms with van der Waals surface area (Å²) in [6.07, 6.45) is 6.82. The first-order valence-electron chi connectivity index (χ1n) is 8.33. The van der Waals surface area contributed by atoms with Crippen molar-refractivity contribution in [3.05, 3.63) is 29.3 Å². The minimum atomic E-state index is 0.245. The normalized spacial score (nSPS) is 15.7. The fraction of sp³-hybridized carbons (Fsp3) is 0.611. The first-order chi connectivity index (χ1) is 10.2. The van der Waals surface area contributed by atoms with Gasteiger partial charge in [-0.3, -0.25) is 4.79 Å². The quantitative estimate of drug-likeness (QED) is 0.871. The minimum absolute atomic E-state index is 0.245. The van der Waals surface area contributed by atoms with Gasteiger partial charge in [0.1, 0.15) is 0 Å². The number of aryl methyl sites for hydroxylation is 1. The lowest BCUT2D eigenvalue weighted by Crippen LogP contribution is -2.35. The van der Waals surface area contributed by atoms with Gasteiger partial charge in [0.25, 0.3) is 0 Å². The number of carbonyl (C=O) groups is 1. The van der Waals surface area contributed by atoms with Gasteiger partial charge in [-0.1, -0.05) is 32.4 Å². The van der Waals surface area contributed by atoms with Gasteiger partial charge in [0.15, 0.2) is 0 Å². The maximum atomic E-state index is 12.2. The summed E-state index contributed by atoms with van der Waals surface area (Å²) in [6, 6.07) is 6.77. The molecule has 1 unspecified atom stereocenters. The fourth-order valence-corrected chi connectivity index (χ4v) is 3.16. The summed E-state index contributed by atoms with van der Waals surface area (Å²) >= 11 is 0. The molecule has 1 aromatic rings. The molecule has 0 aromatic heterocycles. The Morgan fingerprint density at radius 3 is 2.86 bits per heavy atom. The lowest BCUT2D eigenvalue weighted by molar-refractivity contribution is -0.118. The van der Waals surface area contributed by atoms with Crippen LogP contribution in [0.2, 0.25) is 0 Å². The van der Waals surface area contributed by atoms with E-state index in [-0.39, 0.29) is 11.9 Å². The molecule has 1 atom stereocenters. The van der Waals surface area contributed by atoms with Crippen molar-refractivity contribution in [2.24, 2.45) is 5.73 Å². The highest BCUT2D eigenvalue weighted by atomic mass is 16.2. The third-order valence-corrected chi connectivity index (χ3v) is 4.18. The number of rotatable bonds is 6. The van der Waals surface area contributed by atoms with Gasteiger partial charge in [-0.2, -0.15) is 0 Å². The van der Waals surface area contributed by atoms with Crippen molar-refractivity contribution in [3.8, 4) is 0 Å². The van der Waals surface area contributed by atoms with Crippen LogP contribution in [0.1, 0.15) is 57.1 Å². The van der Waals surface area contributed by atoms with E-state index in [2.05, 4.69) is 32.0 Å². The third-order valence-electron chi connectivity index (χ3n) is 4.18. The van der Waals surface area contributed by atoms with Crippen molar-refractivity contribution in [3.63, 3.8) is 0 Å². The highest BCUT2D eigenvalue weighted by Crippen LogP contribution is 2.29. The molecule has 1 aromatic carbocycles. The molecule has 21 heavy (non-hydrogen) atoms. The summed E-state index contributed by atoms with van der Waals surface area (Å²) < 4.78 is 0. The van der Waals surface area contributed by atoms with Crippen LogP contribution >= 0.6 is 0 Å². The second kappa shape index (κ2) is 7.60. The van der Waals surface area contributed by atoms with E-state index in [0.717, 1.165) is 50.8 Å². The zero-order valence-electron chi connectivity index (χ0n) is 13.4. The molecule has 3 nitrogen and oxygen atoms in total. The predicted molar refractivity (Wildman–Crippen MR) is 88.6 cm³/mol. The minimum Gasteiger partial charge on any atom is -0.327 e. The van der Waals surface area contributed by atoms with Gasteiger partial charge in [0.2, 0.25) is 5.91 Å². The Morgan fingerprint density at radius 1 is 1.33 bits per heavy atom. The number of nitrogens with two attached hydrogens (primary N) is 1. The van der Waals surface area contributed by atoms with Crippen LogP contribution in [0.25, 0.3) is 0 Å². The lowest BCUT2D eigenvalue weighted by Gasteiger charge is -2.30. The number of fused-ring (bicyclic) bond motifs is 1. The molecular weight excluding hydrogens is 260 g/mol. The number of hydrogen-bond acceptors (Lipinski definition) is 2. The fourth-order valence-electron chi connectivity index (χ4n) is 3.16. The molecule has 0 aliphatic carbocycles. The van der Waals surface area contributed by atoms with Crippen LogP contribution in [0.4, 0.5) is 5.69 Å². The monoisotopic (exact) mass is 288 g/mol. The second-order valence-corrected chi connectivity index (χ2v) is 6.11. The average Bonchev–Trinajstić information content (AvgIpc) is 2.46. The number of carbonyl (C=O) groups excluding carboxylic acids is 1. The number of hydrogen-bond donors (Lipinski definition) is 1. The van der Waals surface area contributed by atoms with E-state index in [1.54, 1.807) is 0 Å². The topological polar surface area (TPSA) is 46.3 Å². The van der Waals surface area contributed by atoms with Gasteiger partial charge in [0, 0.05) is 24.7 Å². The summed E-state index contributed by atoms with van der Waals surface area (Å²) in [5, 5.41) is 0. The van der Waals surface area contributed by atoms with Crippen LogP contribution in [0.15, 0.2) is 18.2 Å². The largest absolute Gasteiger partial charge is 0.327 e. The molecular formula is C18H28N2O. The SMILES string of the molecule is CCCC(=O)N1CCCc2cc(CC(N)CCC)ccc21. The Hall–Kier alpha value is -1.35. The maximum absolute atomic E-state index is 12.2. The van der Waals surface area contributed by atoms with Crippen LogP contribution in [0.3, 0.4) is 0 Å². The smallest absolute Gasteiger partial charge is 0.226 e.